The second-order valence-electron chi connectivity index (χ2n) is 6.18. The number of ether oxygens (including phenoxy) is 1. The van der Waals surface area contributed by atoms with Gasteiger partial charge in [-0.25, -0.2) is 9.69 Å². The maximum Gasteiger partial charge on any atom is 0.338 e. The fraction of sp³-hybridized carbons (Fsp3) is 0.190. The molecule has 0 unspecified atom stereocenters. The first-order valence-electron chi connectivity index (χ1n) is 8.75. The largest absolute Gasteiger partial charge is 0.462 e. The van der Waals surface area contributed by atoms with E-state index in [0.29, 0.717) is 17.2 Å². The van der Waals surface area contributed by atoms with Crippen LogP contribution in [0.4, 0.5) is 5.69 Å². The van der Waals surface area contributed by atoms with Crippen LogP contribution in [0, 0.1) is 0 Å². The highest BCUT2D eigenvalue weighted by Crippen LogP contribution is 2.35. The van der Waals surface area contributed by atoms with Crippen molar-refractivity contribution < 1.29 is 19.1 Å². The number of carbonyl (C=O) groups is 3. The van der Waals surface area contributed by atoms with Crippen molar-refractivity contribution in [3.63, 3.8) is 0 Å². The molecule has 0 atom stereocenters. The smallest absolute Gasteiger partial charge is 0.338 e. The van der Waals surface area contributed by atoms with Gasteiger partial charge in [-0.3, -0.25) is 9.59 Å². The van der Waals surface area contributed by atoms with Crippen molar-refractivity contribution in [2.24, 2.45) is 0 Å². The maximum atomic E-state index is 12.9. The van der Waals surface area contributed by atoms with Crippen LogP contribution in [-0.4, -0.2) is 24.4 Å². The van der Waals surface area contributed by atoms with Crippen LogP contribution in [0.3, 0.4) is 0 Å². The number of nitrogens with zero attached hydrogens (tertiary/aromatic N) is 1. The van der Waals surface area contributed by atoms with Crippen LogP contribution in [0.2, 0.25) is 5.02 Å². The Bertz CT molecular complexity index is 967. The molecular weight excluding hydrogens is 401 g/mol. The van der Waals surface area contributed by atoms with Crippen molar-refractivity contribution in [1.82, 2.24) is 0 Å². The Balaban J connectivity index is 1.88. The summed E-state index contributed by atoms with van der Waals surface area (Å²) in [4.78, 5) is 38.7. The van der Waals surface area contributed by atoms with Gasteiger partial charge >= 0.3 is 5.97 Å². The van der Waals surface area contributed by atoms with Crippen molar-refractivity contribution in [2.75, 3.05) is 11.5 Å². The third kappa shape index (κ3) is 3.96. The van der Waals surface area contributed by atoms with E-state index in [9.17, 15) is 14.4 Å². The van der Waals surface area contributed by atoms with E-state index >= 15 is 0 Å². The standard InChI is InChI=1S/C21H17Cl2NO4/c1-2-3-11-28-21(27)14-5-4-6-16(12-14)24-19(25)17(18(23)20(24)26)13-7-9-15(22)10-8-13/h4-10,12H,2-3,11H2,1H3. The molecule has 0 aromatic heterocycles. The topological polar surface area (TPSA) is 63.7 Å². The van der Waals surface area contributed by atoms with Crippen molar-refractivity contribution in [2.45, 2.75) is 19.8 Å². The molecule has 0 saturated heterocycles. The average molecular weight is 418 g/mol. The van der Waals surface area contributed by atoms with E-state index in [0.717, 1.165) is 17.7 Å². The van der Waals surface area contributed by atoms with Gasteiger partial charge in [0.1, 0.15) is 5.03 Å². The number of esters is 1. The highest BCUT2D eigenvalue weighted by atomic mass is 35.5. The summed E-state index contributed by atoms with van der Waals surface area (Å²) in [5.74, 6) is -1.71. The molecule has 0 N–H and O–H groups in total. The summed E-state index contributed by atoms with van der Waals surface area (Å²) in [7, 11) is 0. The number of hydrogen-bond donors (Lipinski definition) is 0. The molecule has 0 aliphatic carbocycles. The van der Waals surface area contributed by atoms with Gasteiger partial charge in [-0.1, -0.05) is 54.7 Å². The number of anilines is 1. The molecule has 0 saturated carbocycles. The summed E-state index contributed by atoms with van der Waals surface area (Å²) in [6.45, 7) is 2.31. The summed E-state index contributed by atoms with van der Waals surface area (Å²) in [5.41, 5.74) is 1.09. The third-order valence-corrected chi connectivity index (χ3v) is 4.83. The summed E-state index contributed by atoms with van der Waals surface area (Å²) in [5, 5.41) is 0.326. The molecular formula is C21H17Cl2NO4. The van der Waals surface area contributed by atoms with Crippen LogP contribution in [0.1, 0.15) is 35.7 Å². The van der Waals surface area contributed by atoms with Gasteiger partial charge in [0.15, 0.2) is 0 Å². The van der Waals surface area contributed by atoms with Crippen LogP contribution in [-0.2, 0) is 14.3 Å². The summed E-state index contributed by atoms with van der Waals surface area (Å²) >= 11 is 12.1. The first-order chi connectivity index (χ1) is 13.4. The van der Waals surface area contributed by atoms with Crippen molar-refractivity contribution >= 4 is 52.2 Å². The first-order valence-corrected chi connectivity index (χ1v) is 9.51. The number of hydrogen-bond acceptors (Lipinski definition) is 4. The van der Waals surface area contributed by atoms with Gasteiger partial charge in [0, 0.05) is 5.02 Å². The lowest BCUT2D eigenvalue weighted by atomic mass is 10.1. The molecule has 1 aliphatic rings. The molecule has 1 heterocycles. The van der Waals surface area contributed by atoms with E-state index in [1.807, 2.05) is 6.92 Å². The second kappa shape index (κ2) is 8.59. The lowest BCUT2D eigenvalue weighted by Crippen LogP contribution is -2.31. The fourth-order valence-electron chi connectivity index (χ4n) is 2.77. The Morgan fingerprint density at radius 3 is 2.43 bits per heavy atom. The first kappa shape index (κ1) is 20.1. The Morgan fingerprint density at radius 1 is 1.04 bits per heavy atom. The van der Waals surface area contributed by atoms with Gasteiger partial charge in [0.25, 0.3) is 11.8 Å². The zero-order valence-electron chi connectivity index (χ0n) is 15.1. The predicted octanol–water partition coefficient (Wildman–Crippen LogP) is 4.82. The van der Waals surface area contributed by atoms with E-state index in [2.05, 4.69) is 0 Å². The van der Waals surface area contributed by atoms with Gasteiger partial charge < -0.3 is 4.74 Å². The van der Waals surface area contributed by atoms with Crippen LogP contribution >= 0.6 is 23.2 Å². The van der Waals surface area contributed by atoms with Gasteiger partial charge in [0.2, 0.25) is 0 Å². The number of unbranched alkanes of at least 4 members (excludes halogenated alkanes) is 1. The lowest BCUT2D eigenvalue weighted by molar-refractivity contribution is -0.119. The zero-order valence-corrected chi connectivity index (χ0v) is 16.6. The van der Waals surface area contributed by atoms with E-state index in [1.54, 1.807) is 42.5 Å². The molecule has 2 aromatic rings. The number of halogens is 2. The zero-order chi connectivity index (χ0) is 20.3. The lowest BCUT2D eigenvalue weighted by Gasteiger charge is -2.16. The molecule has 2 aromatic carbocycles. The third-order valence-electron chi connectivity index (χ3n) is 4.23. The number of rotatable bonds is 6. The minimum atomic E-state index is -0.645. The van der Waals surface area contributed by atoms with Crippen molar-refractivity contribution in [3.8, 4) is 0 Å². The van der Waals surface area contributed by atoms with Crippen molar-refractivity contribution in [3.05, 3.63) is 69.7 Å². The highest BCUT2D eigenvalue weighted by Gasteiger charge is 2.39. The van der Waals surface area contributed by atoms with Gasteiger partial charge in [0.05, 0.1) is 23.4 Å². The van der Waals surface area contributed by atoms with Gasteiger partial charge in [-0.05, 0) is 42.3 Å². The molecule has 0 fully saturated rings. The number of benzene rings is 2. The number of carbonyl (C=O) groups excluding carboxylic acids is 3. The van der Waals surface area contributed by atoms with E-state index in [1.165, 1.54) is 6.07 Å². The summed E-state index contributed by atoms with van der Waals surface area (Å²) in [6, 6.07) is 12.6. The van der Waals surface area contributed by atoms with Gasteiger partial charge in [-0.2, -0.15) is 0 Å². The minimum Gasteiger partial charge on any atom is -0.462 e. The van der Waals surface area contributed by atoms with E-state index in [-0.39, 0.29) is 21.9 Å². The quantitative estimate of drug-likeness (QED) is 0.383. The molecule has 0 bridgehead atoms. The fourth-order valence-corrected chi connectivity index (χ4v) is 3.17. The highest BCUT2D eigenvalue weighted by molar-refractivity contribution is 6.60. The summed E-state index contributed by atoms with van der Waals surface area (Å²) in [6.07, 6.45) is 1.67. The summed E-state index contributed by atoms with van der Waals surface area (Å²) < 4.78 is 5.19. The Hall–Kier alpha value is -2.63. The molecule has 0 radical (unpaired) electrons. The molecule has 3 rings (SSSR count). The Labute approximate surface area is 172 Å². The maximum absolute atomic E-state index is 12.9. The molecule has 7 heteroatoms. The van der Waals surface area contributed by atoms with Crippen LogP contribution in [0.15, 0.2) is 53.6 Å². The van der Waals surface area contributed by atoms with Crippen LogP contribution < -0.4 is 4.90 Å². The molecule has 144 valence electrons. The number of imide groups is 1. The molecule has 1 aliphatic heterocycles. The predicted molar refractivity (Wildman–Crippen MR) is 108 cm³/mol. The van der Waals surface area contributed by atoms with Gasteiger partial charge in [-0.15, -0.1) is 0 Å². The minimum absolute atomic E-state index is 0.0965. The Morgan fingerprint density at radius 2 is 1.75 bits per heavy atom. The average Bonchev–Trinajstić information content (AvgIpc) is 2.91. The normalized spacial score (nSPS) is 14.0. The van der Waals surface area contributed by atoms with Crippen LogP contribution in [0.25, 0.3) is 5.57 Å². The van der Waals surface area contributed by atoms with E-state index < -0.39 is 17.8 Å². The molecule has 5 nitrogen and oxygen atoms in total. The number of amides is 2. The van der Waals surface area contributed by atoms with Crippen LogP contribution in [0.5, 0.6) is 0 Å². The second-order valence-corrected chi connectivity index (χ2v) is 7.00. The molecule has 2 amide bonds. The Kier molecular flexibility index (Phi) is 6.17. The van der Waals surface area contributed by atoms with E-state index in [4.69, 9.17) is 27.9 Å². The monoisotopic (exact) mass is 417 g/mol. The molecule has 28 heavy (non-hydrogen) atoms. The van der Waals surface area contributed by atoms with Crippen molar-refractivity contribution in [1.29, 1.82) is 0 Å². The SMILES string of the molecule is CCCCOC(=O)c1cccc(N2C(=O)C(Cl)=C(c3ccc(Cl)cc3)C2=O)c1. The molecule has 0 spiro atoms.